The molecule has 4 heteroatoms. The summed E-state index contributed by atoms with van der Waals surface area (Å²) in [5.41, 5.74) is 3.19. The van der Waals surface area contributed by atoms with E-state index in [0.29, 0.717) is 10.0 Å². The van der Waals surface area contributed by atoms with Crippen LogP contribution in [-0.2, 0) is 6.42 Å². The largest absolute Gasteiger partial charge is 0.378 e. The fourth-order valence-corrected chi connectivity index (χ4v) is 3.17. The zero-order valence-corrected chi connectivity index (χ0v) is 11.7. The Bertz CT molecular complexity index is 610. The van der Waals surface area contributed by atoms with Crippen LogP contribution in [0.4, 0.5) is 5.69 Å². The van der Waals surface area contributed by atoms with Crippen LogP contribution in [0.2, 0.25) is 15.1 Å². The zero-order valence-electron chi connectivity index (χ0n) is 9.38. The van der Waals surface area contributed by atoms with E-state index in [0.717, 1.165) is 28.3 Å². The third-order valence-electron chi connectivity index (χ3n) is 3.18. The number of benzene rings is 2. The smallest absolute Gasteiger partial charge is 0.0570 e. The molecule has 1 aliphatic heterocycles. The van der Waals surface area contributed by atoms with Gasteiger partial charge in [-0.15, -0.1) is 0 Å². The van der Waals surface area contributed by atoms with Crippen molar-refractivity contribution < 1.29 is 0 Å². The third kappa shape index (κ3) is 2.07. The average Bonchev–Trinajstić information content (AvgIpc) is 2.73. The summed E-state index contributed by atoms with van der Waals surface area (Å²) in [6, 6.07) is 11.7. The predicted molar refractivity (Wildman–Crippen MR) is 78.0 cm³/mol. The lowest BCUT2D eigenvalue weighted by Gasteiger charge is -2.13. The van der Waals surface area contributed by atoms with E-state index in [9.17, 15) is 0 Å². The number of halogens is 3. The molecular formula is C14H10Cl3N. The summed E-state index contributed by atoms with van der Waals surface area (Å²) in [6.45, 7) is 0. The summed E-state index contributed by atoms with van der Waals surface area (Å²) >= 11 is 18.4. The zero-order chi connectivity index (χ0) is 12.7. The number of hydrogen-bond acceptors (Lipinski definition) is 1. The first-order chi connectivity index (χ1) is 8.65. The van der Waals surface area contributed by atoms with E-state index in [1.54, 1.807) is 6.07 Å². The highest BCUT2D eigenvalue weighted by Gasteiger charge is 2.25. The molecule has 0 amide bonds. The van der Waals surface area contributed by atoms with Crippen LogP contribution in [0.25, 0.3) is 0 Å². The second-order valence-corrected chi connectivity index (χ2v) is 5.59. The number of nitrogens with one attached hydrogen (secondary N) is 1. The lowest BCUT2D eigenvalue weighted by molar-refractivity contribution is 0.824. The highest BCUT2D eigenvalue weighted by Crippen LogP contribution is 2.41. The summed E-state index contributed by atoms with van der Waals surface area (Å²) in [6.07, 6.45) is 0.828. The third-order valence-corrected chi connectivity index (χ3v) is 4.08. The van der Waals surface area contributed by atoms with Gasteiger partial charge in [-0.3, -0.25) is 0 Å². The monoisotopic (exact) mass is 297 g/mol. The molecule has 1 unspecified atom stereocenters. The van der Waals surface area contributed by atoms with Crippen LogP contribution in [0.1, 0.15) is 17.2 Å². The van der Waals surface area contributed by atoms with E-state index >= 15 is 0 Å². The molecule has 0 spiro atoms. The standard InChI is InChI=1S/C14H10Cl3N/c15-8-5-12(17)10-7-14(18-13(10)6-8)9-3-1-2-4-11(9)16/h1-6,14,18H,7H2. The predicted octanol–water partition coefficient (Wildman–Crippen LogP) is 5.36. The molecule has 3 rings (SSSR count). The highest BCUT2D eigenvalue weighted by atomic mass is 35.5. The molecule has 1 atom stereocenters. The molecule has 92 valence electrons. The molecule has 0 radical (unpaired) electrons. The number of anilines is 1. The summed E-state index contributed by atoms with van der Waals surface area (Å²) in [7, 11) is 0. The highest BCUT2D eigenvalue weighted by molar-refractivity contribution is 6.35. The first kappa shape index (κ1) is 12.2. The van der Waals surface area contributed by atoms with Gasteiger partial charge in [0.15, 0.2) is 0 Å². The van der Waals surface area contributed by atoms with E-state index in [1.165, 1.54) is 0 Å². The maximum absolute atomic E-state index is 6.22. The Hall–Kier alpha value is -0.890. The molecule has 0 saturated carbocycles. The van der Waals surface area contributed by atoms with Crippen molar-refractivity contribution >= 4 is 40.5 Å². The second-order valence-electron chi connectivity index (χ2n) is 4.34. The van der Waals surface area contributed by atoms with Gasteiger partial charge < -0.3 is 5.32 Å². The summed E-state index contributed by atoms with van der Waals surface area (Å²) in [5.74, 6) is 0. The first-order valence-electron chi connectivity index (χ1n) is 5.64. The maximum Gasteiger partial charge on any atom is 0.0570 e. The molecule has 0 saturated heterocycles. The lowest BCUT2D eigenvalue weighted by atomic mass is 10.0. The Morgan fingerprint density at radius 2 is 1.78 bits per heavy atom. The van der Waals surface area contributed by atoms with Gasteiger partial charge in [-0.1, -0.05) is 53.0 Å². The minimum atomic E-state index is 0.157. The van der Waals surface area contributed by atoms with Crippen LogP contribution < -0.4 is 5.32 Å². The van der Waals surface area contributed by atoms with Gasteiger partial charge in [-0.25, -0.2) is 0 Å². The number of fused-ring (bicyclic) bond motifs is 1. The molecule has 0 fully saturated rings. The second kappa shape index (κ2) is 4.65. The van der Waals surface area contributed by atoms with Gasteiger partial charge in [0.1, 0.15) is 0 Å². The summed E-state index contributed by atoms with van der Waals surface area (Å²) in [5, 5.41) is 5.54. The Kier molecular flexibility index (Phi) is 3.14. The van der Waals surface area contributed by atoms with E-state index in [1.807, 2.05) is 30.3 Å². The molecule has 18 heavy (non-hydrogen) atoms. The molecule has 1 nitrogen and oxygen atoms in total. The van der Waals surface area contributed by atoms with Crippen LogP contribution in [0.3, 0.4) is 0 Å². The van der Waals surface area contributed by atoms with Crippen LogP contribution in [0.15, 0.2) is 36.4 Å². The van der Waals surface area contributed by atoms with Crippen molar-refractivity contribution in [1.29, 1.82) is 0 Å². The van der Waals surface area contributed by atoms with Gasteiger partial charge in [-0.2, -0.15) is 0 Å². The SMILES string of the molecule is Clc1cc(Cl)c2c(c1)NC(c1ccccc1Cl)C2. The average molecular weight is 299 g/mol. The molecule has 2 aromatic carbocycles. The normalized spacial score (nSPS) is 17.4. The van der Waals surface area contributed by atoms with Gasteiger partial charge in [-0.05, 0) is 29.3 Å². The van der Waals surface area contributed by atoms with Crippen molar-refractivity contribution in [1.82, 2.24) is 0 Å². The molecule has 2 aromatic rings. The minimum absolute atomic E-state index is 0.157. The first-order valence-corrected chi connectivity index (χ1v) is 6.77. The van der Waals surface area contributed by atoms with Gasteiger partial charge in [0.05, 0.1) is 6.04 Å². The van der Waals surface area contributed by atoms with E-state index < -0.39 is 0 Å². The van der Waals surface area contributed by atoms with Gasteiger partial charge >= 0.3 is 0 Å². The van der Waals surface area contributed by atoms with Crippen molar-refractivity contribution in [3.8, 4) is 0 Å². The molecular weight excluding hydrogens is 289 g/mol. The molecule has 1 N–H and O–H groups in total. The van der Waals surface area contributed by atoms with Crippen molar-refractivity contribution in [3.05, 3.63) is 62.6 Å². The van der Waals surface area contributed by atoms with Crippen LogP contribution >= 0.6 is 34.8 Å². The fourth-order valence-electron chi connectivity index (χ4n) is 2.33. The molecule has 0 aromatic heterocycles. The Labute approximate surface area is 121 Å². The maximum atomic E-state index is 6.22. The van der Waals surface area contributed by atoms with E-state index in [-0.39, 0.29) is 6.04 Å². The van der Waals surface area contributed by atoms with E-state index in [4.69, 9.17) is 34.8 Å². The Morgan fingerprint density at radius 1 is 1.00 bits per heavy atom. The van der Waals surface area contributed by atoms with Crippen LogP contribution in [0, 0.1) is 0 Å². The quantitative estimate of drug-likeness (QED) is 0.747. The van der Waals surface area contributed by atoms with Crippen molar-refractivity contribution in [2.24, 2.45) is 0 Å². The van der Waals surface area contributed by atoms with Crippen LogP contribution in [-0.4, -0.2) is 0 Å². The van der Waals surface area contributed by atoms with Gasteiger partial charge in [0, 0.05) is 27.2 Å². The Balaban J connectivity index is 1.99. The van der Waals surface area contributed by atoms with Crippen molar-refractivity contribution in [2.75, 3.05) is 5.32 Å². The summed E-state index contributed by atoms with van der Waals surface area (Å²) < 4.78 is 0. The number of rotatable bonds is 1. The molecule has 1 heterocycles. The molecule has 0 bridgehead atoms. The topological polar surface area (TPSA) is 12.0 Å². The van der Waals surface area contributed by atoms with Crippen molar-refractivity contribution in [2.45, 2.75) is 12.5 Å². The van der Waals surface area contributed by atoms with Gasteiger partial charge in [0.2, 0.25) is 0 Å². The molecule has 0 aliphatic carbocycles. The summed E-state index contributed by atoms with van der Waals surface area (Å²) in [4.78, 5) is 0. The van der Waals surface area contributed by atoms with Gasteiger partial charge in [0.25, 0.3) is 0 Å². The van der Waals surface area contributed by atoms with Crippen molar-refractivity contribution in [3.63, 3.8) is 0 Å². The Morgan fingerprint density at radius 3 is 2.56 bits per heavy atom. The van der Waals surface area contributed by atoms with Crippen LogP contribution in [0.5, 0.6) is 0 Å². The van der Waals surface area contributed by atoms with E-state index in [2.05, 4.69) is 5.32 Å². The fraction of sp³-hybridized carbons (Fsp3) is 0.143. The number of hydrogen-bond donors (Lipinski definition) is 1. The minimum Gasteiger partial charge on any atom is -0.378 e. The molecule has 1 aliphatic rings. The lowest BCUT2D eigenvalue weighted by Crippen LogP contribution is -2.05.